The summed E-state index contributed by atoms with van der Waals surface area (Å²) in [6, 6.07) is 14.3. The number of hydrogen-bond acceptors (Lipinski definition) is 5. The highest BCUT2D eigenvalue weighted by Gasteiger charge is 2.36. The molecular formula is C28H25ClN2O5. The van der Waals surface area contributed by atoms with E-state index in [0.717, 1.165) is 27.2 Å². The van der Waals surface area contributed by atoms with Crippen LogP contribution in [0.4, 0.5) is 10.5 Å². The summed E-state index contributed by atoms with van der Waals surface area (Å²) in [7, 11) is 0. The second-order valence-electron chi connectivity index (χ2n) is 8.56. The summed E-state index contributed by atoms with van der Waals surface area (Å²) in [5.41, 5.74) is 4.64. The number of barbiturate groups is 1. The molecule has 1 saturated heterocycles. The Labute approximate surface area is 214 Å². The van der Waals surface area contributed by atoms with E-state index < -0.39 is 17.8 Å². The Bertz CT molecular complexity index is 1380. The van der Waals surface area contributed by atoms with Crippen LogP contribution in [0.2, 0.25) is 5.02 Å². The van der Waals surface area contributed by atoms with Gasteiger partial charge in [-0.25, -0.2) is 9.69 Å². The van der Waals surface area contributed by atoms with Crippen LogP contribution in [0.25, 0.3) is 6.08 Å². The molecule has 7 nitrogen and oxygen atoms in total. The summed E-state index contributed by atoms with van der Waals surface area (Å²) in [4.78, 5) is 39.0. The van der Waals surface area contributed by atoms with Crippen molar-refractivity contribution in [2.24, 2.45) is 0 Å². The van der Waals surface area contributed by atoms with Crippen molar-refractivity contribution < 1.29 is 24.2 Å². The van der Waals surface area contributed by atoms with Gasteiger partial charge >= 0.3 is 6.03 Å². The van der Waals surface area contributed by atoms with Crippen molar-refractivity contribution in [3.05, 3.63) is 93.0 Å². The molecule has 1 heterocycles. The van der Waals surface area contributed by atoms with Crippen molar-refractivity contribution in [1.82, 2.24) is 5.32 Å². The number of phenols is 1. The summed E-state index contributed by atoms with van der Waals surface area (Å²) in [5.74, 6) is -1.07. The summed E-state index contributed by atoms with van der Waals surface area (Å²) in [6.45, 7) is 6.34. The molecule has 0 atom stereocenters. The van der Waals surface area contributed by atoms with E-state index in [1.807, 2.05) is 20.8 Å². The molecule has 3 aromatic rings. The molecule has 8 heteroatoms. The zero-order valence-corrected chi connectivity index (χ0v) is 20.8. The van der Waals surface area contributed by atoms with Gasteiger partial charge in [0.2, 0.25) is 0 Å². The minimum atomic E-state index is -0.871. The Hall–Kier alpha value is -4.10. The Morgan fingerprint density at radius 2 is 1.67 bits per heavy atom. The molecule has 0 aromatic heterocycles. The van der Waals surface area contributed by atoms with Crippen LogP contribution in [0.1, 0.15) is 34.7 Å². The van der Waals surface area contributed by atoms with Gasteiger partial charge in [0.25, 0.3) is 11.8 Å². The van der Waals surface area contributed by atoms with Crippen molar-refractivity contribution in [3.8, 4) is 11.5 Å². The van der Waals surface area contributed by atoms with Gasteiger partial charge in [0.1, 0.15) is 17.1 Å². The molecule has 1 aliphatic heterocycles. The molecule has 0 spiro atoms. The second kappa shape index (κ2) is 10.3. The number of aromatic hydroxyl groups is 1. The lowest BCUT2D eigenvalue weighted by Gasteiger charge is -2.26. The van der Waals surface area contributed by atoms with Crippen LogP contribution in [0, 0.1) is 13.8 Å². The zero-order valence-electron chi connectivity index (χ0n) is 20.1. The topological polar surface area (TPSA) is 95.9 Å². The minimum absolute atomic E-state index is 0.0190. The van der Waals surface area contributed by atoms with Gasteiger partial charge in [-0.05, 0) is 74.4 Å². The highest BCUT2D eigenvalue weighted by Crippen LogP contribution is 2.33. The Morgan fingerprint density at radius 1 is 1.00 bits per heavy atom. The molecule has 0 saturated carbocycles. The smallest absolute Gasteiger partial charge is 0.335 e. The number of hydrogen-bond donors (Lipinski definition) is 2. The highest BCUT2D eigenvalue weighted by atomic mass is 35.5. The monoisotopic (exact) mass is 504 g/mol. The van der Waals surface area contributed by atoms with Crippen LogP contribution < -0.4 is 15.0 Å². The number of carbonyl (C=O) groups is 3. The summed E-state index contributed by atoms with van der Waals surface area (Å²) in [5, 5.41) is 12.1. The van der Waals surface area contributed by atoms with Crippen LogP contribution in [-0.4, -0.2) is 29.6 Å². The largest absolute Gasteiger partial charge is 0.508 e. The SMILES string of the molecule is CCOc1cc(/C=C2\C(=O)NC(=O)N(c3ccc(O)cc3)C2=O)cc(Cl)c1Cc1cc(C)cc(C)c1. The molecule has 1 fully saturated rings. The molecule has 0 radical (unpaired) electrons. The van der Waals surface area contributed by atoms with Crippen LogP contribution in [0.5, 0.6) is 11.5 Å². The number of nitrogens with zero attached hydrogens (tertiary/aromatic N) is 1. The number of benzene rings is 3. The van der Waals surface area contributed by atoms with E-state index in [1.54, 1.807) is 12.1 Å². The summed E-state index contributed by atoms with van der Waals surface area (Å²) < 4.78 is 5.87. The molecule has 4 amide bonds. The lowest BCUT2D eigenvalue weighted by molar-refractivity contribution is -0.122. The van der Waals surface area contributed by atoms with Gasteiger partial charge < -0.3 is 9.84 Å². The van der Waals surface area contributed by atoms with Crippen molar-refractivity contribution in [3.63, 3.8) is 0 Å². The van der Waals surface area contributed by atoms with Crippen molar-refractivity contribution in [2.75, 3.05) is 11.5 Å². The second-order valence-corrected chi connectivity index (χ2v) is 8.97. The number of carbonyl (C=O) groups excluding carboxylic acids is 3. The fourth-order valence-electron chi connectivity index (χ4n) is 4.21. The Morgan fingerprint density at radius 3 is 2.31 bits per heavy atom. The van der Waals surface area contributed by atoms with Gasteiger partial charge in [0.15, 0.2) is 0 Å². The van der Waals surface area contributed by atoms with E-state index in [0.29, 0.717) is 29.4 Å². The van der Waals surface area contributed by atoms with Gasteiger partial charge in [-0.3, -0.25) is 14.9 Å². The number of phenolic OH excluding ortho intramolecular Hbond substituents is 1. The predicted molar refractivity (Wildman–Crippen MR) is 138 cm³/mol. The van der Waals surface area contributed by atoms with Gasteiger partial charge in [-0.15, -0.1) is 0 Å². The third-order valence-electron chi connectivity index (χ3n) is 5.66. The van der Waals surface area contributed by atoms with Crippen molar-refractivity contribution in [2.45, 2.75) is 27.2 Å². The van der Waals surface area contributed by atoms with Gasteiger partial charge in [-0.2, -0.15) is 0 Å². The number of nitrogens with one attached hydrogen (secondary N) is 1. The molecule has 0 unspecified atom stereocenters. The number of urea groups is 1. The van der Waals surface area contributed by atoms with Gasteiger partial charge in [-0.1, -0.05) is 40.9 Å². The molecule has 1 aliphatic rings. The average molecular weight is 505 g/mol. The Kier molecular flexibility index (Phi) is 7.12. The Balaban J connectivity index is 1.72. The van der Waals surface area contributed by atoms with E-state index >= 15 is 0 Å². The summed E-state index contributed by atoms with van der Waals surface area (Å²) >= 11 is 6.67. The van der Waals surface area contributed by atoms with Crippen LogP contribution >= 0.6 is 11.6 Å². The first-order valence-electron chi connectivity index (χ1n) is 11.4. The van der Waals surface area contributed by atoms with E-state index in [2.05, 4.69) is 23.5 Å². The first-order valence-corrected chi connectivity index (χ1v) is 11.8. The van der Waals surface area contributed by atoms with E-state index in [-0.39, 0.29) is 17.0 Å². The lowest BCUT2D eigenvalue weighted by atomic mass is 9.98. The maximum absolute atomic E-state index is 13.2. The molecule has 0 bridgehead atoms. The van der Waals surface area contributed by atoms with E-state index in [4.69, 9.17) is 16.3 Å². The van der Waals surface area contributed by atoms with E-state index in [1.165, 1.54) is 30.3 Å². The first-order chi connectivity index (χ1) is 17.2. The average Bonchev–Trinajstić information content (AvgIpc) is 2.79. The molecule has 2 N–H and O–H groups in total. The molecule has 36 heavy (non-hydrogen) atoms. The third-order valence-corrected chi connectivity index (χ3v) is 6.00. The molecule has 184 valence electrons. The third kappa shape index (κ3) is 5.26. The van der Waals surface area contributed by atoms with Crippen LogP contribution in [-0.2, 0) is 16.0 Å². The number of anilines is 1. The number of halogens is 1. The molecule has 0 aliphatic carbocycles. The van der Waals surface area contributed by atoms with Crippen molar-refractivity contribution in [1.29, 1.82) is 0 Å². The van der Waals surface area contributed by atoms with Gasteiger partial charge in [0, 0.05) is 17.0 Å². The minimum Gasteiger partial charge on any atom is -0.508 e. The number of amides is 4. The molecule has 3 aromatic carbocycles. The normalized spacial score (nSPS) is 14.8. The maximum Gasteiger partial charge on any atom is 0.335 e. The lowest BCUT2D eigenvalue weighted by Crippen LogP contribution is -2.54. The van der Waals surface area contributed by atoms with E-state index in [9.17, 15) is 19.5 Å². The maximum atomic E-state index is 13.2. The predicted octanol–water partition coefficient (Wildman–Crippen LogP) is 5.32. The first kappa shape index (κ1) is 25.0. The highest BCUT2D eigenvalue weighted by molar-refractivity contribution is 6.39. The van der Waals surface area contributed by atoms with Crippen LogP contribution in [0.15, 0.2) is 60.2 Å². The van der Waals surface area contributed by atoms with Crippen LogP contribution in [0.3, 0.4) is 0 Å². The number of imide groups is 2. The van der Waals surface area contributed by atoms with Crippen molar-refractivity contribution >= 4 is 41.2 Å². The molecule has 4 rings (SSSR count). The number of aryl methyl sites for hydroxylation is 2. The standard InChI is InChI=1S/C28H25ClN2O5/c1-4-36-25-15-19(14-24(29)22(25)12-18-10-16(2)9-17(3)11-18)13-23-26(33)30-28(35)31(27(23)34)20-5-7-21(32)8-6-20/h5-11,13-15,32H,4,12H2,1-3H3,(H,30,33,35)/b23-13+. The fourth-order valence-corrected chi connectivity index (χ4v) is 4.49. The number of rotatable bonds is 6. The zero-order chi connectivity index (χ0) is 26.0. The van der Waals surface area contributed by atoms with Gasteiger partial charge in [0.05, 0.1) is 12.3 Å². The summed E-state index contributed by atoms with van der Waals surface area (Å²) in [6.07, 6.45) is 1.93. The quantitative estimate of drug-likeness (QED) is 0.350. The number of ether oxygens (including phenoxy) is 1. The fraction of sp³-hybridized carbons (Fsp3) is 0.179. The molecular weight excluding hydrogens is 480 g/mol.